The molecule has 2 fully saturated rings. The molecule has 4 heteroatoms. The molecular weight excluding hydrogens is 228 g/mol. The predicted molar refractivity (Wildman–Crippen MR) is 71.4 cm³/mol. The lowest BCUT2D eigenvalue weighted by Gasteiger charge is -2.39. The lowest BCUT2D eigenvalue weighted by Crippen LogP contribution is -2.50. The van der Waals surface area contributed by atoms with E-state index in [-0.39, 0.29) is 11.4 Å². The van der Waals surface area contributed by atoms with Gasteiger partial charge in [0.2, 0.25) is 0 Å². The third kappa shape index (κ3) is 2.00. The summed E-state index contributed by atoms with van der Waals surface area (Å²) in [5.41, 5.74) is 0.591. The molecule has 2 aliphatic carbocycles. The van der Waals surface area contributed by atoms with E-state index in [0.717, 1.165) is 12.3 Å². The molecule has 0 heterocycles. The topological polar surface area (TPSA) is 50.4 Å². The largest absolute Gasteiger partial charge is 0.383 e. The molecule has 4 nitrogen and oxygen atoms in total. The molecule has 2 rings (SSSR count). The van der Waals surface area contributed by atoms with Crippen molar-refractivity contribution in [2.45, 2.75) is 46.1 Å². The molecule has 3 atom stereocenters. The number of ether oxygens (including phenoxy) is 1. The zero-order valence-corrected chi connectivity index (χ0v) is 12.0. The van der Waals surface area contributed by atoms with Gasteiger partial charge < -0.3 is 15.4 Å². The molecule has 0 aromatic heterocycles. The average Bonchev–Trinajstić information content (AvgIpc) is 2.62. The van der Waals surface area contributed by atoms with Crippen LogP contribution in [0.3, 0.4) is 0 Å². The smallest absolute Gasteiger partial charge is 0.315 e. The fourth-order valence-corrected chi connectivity index (χ4v) is 3.90. The lowest BCUT2D eigenvalue weighted by molar-refractivity contribution is 0.123. The van der Waals surface area contributed by atoms with Gasteiger partial charge in [0.1, 0.15) is 0 Å². The van der Waals surface area contributed by atoms with E-state index in [0.29, 0.717) is 24.6 Å². The molecule has 0 radical (unpaired) electrons. The van der Waals surface area contributed by atoms with Gasteiger partial charge in [-0.15, -0.1) is 0 Å². The van der Waals surface area contributed by atoms with Crippen molar-refractivity contribution in [1.82, 2.24) is 10.6 Å². The molecule has 0 spiro atoms. The molecule has 2 N–H and O–H groups in total. The first kappa shape index (κ1) is 13.7. The molecule has 2 saturated carbocycles. The number of hydrogen-bond acceptors (Lipinski definition) is 2. The van der Waals surface area contributed by atoms with Crippen molar-refractivity contribution >= 4 is 6.03 Å². The van der Waals surface area contributed by atoms with Crippen molar-refractivity contribution < 1.29 is 9.53 Å². The highest BCUT2D eigenvalue weighted by molar-refractivity contribution is 5.74. The van der Waals surface area contributed by atoms with Crippen LogP contribution in [0, 0.1) is 16.7 Å². The van der Waals surface area contributed by atoms with Crippen molar-refractivity contribution in [2.24, 2.45) is 16.7 Å². The Morgan fingerprint density at radius 1 is 1.39 bits per heavy atom. The van der Waals surface area contributed by atoms with Crippen LogP contribution in [0.5, 0.6) is 0 Å². The summed E-state index contributed by atoms with van der Waals surface area (Å²) < 4.78 is 4.92. The van der Waals surface area contributed by atoms with Crippen molar-refractivity contribution in [3.05, 3.63) is 0 Å². The van der Waals surface area contributed by atoms with E-state index >= 15 is 0 Å². The zero-order chi connectivity index (χ0) is 13.4. The van der Waals surface area contributed by atoms with E-state index in [1.807, 2.05) is 0 Å². The lowest BCUT2D eigenvalue weighted by atomic mass is 9.69. The van der Waals surface area contributed by atoms with Gasteiger partial charge >= 0.3 is 6.03 Å². The first-order valence-corrected chi connectivity index (χ1v) is 6.95. The molecule has 0 aromatic rings. The summed E-state index contributed by atoms with van der Waals surface area (Å²) in [7, 11) is 1.64. The number of urea groups is 1. The highest BCUT2D eigenvalue weighted by Crippen LogP contribution is 2.65. The predicted octanol–water partition coefficient (Wildman–Crippen LogP) is 2.15. The minimum Gasteiger partial charge on any atom is -0.383 e. The van der Waals surface area contributed by atoms with Gasteiger partial charge in [0.25, 0.3) is 0 Å². The minimum absolute atomic E-state index is 0.0541. The Kier molecular flexibility index (Phi) is 3.58. The number of carbonyl (C=O) groups is 1. The van der Waals surface area contributed by atoms with Gasteiger partial charge in [0, 0.05) is 19.7 Å². The summed E-state index contributed by atoms with van der Waals surface area (Å²) in [6.45, 7) is 8.17. The fourth-order valence-electron chi connectivity index (χ4n) is 3.90. The second-order valence-electron chi connectivity index (χ2n) is 6.56. The molecule has 2 amide bonds. The van der Waals surface area contributed by atoms with Crippen LogP contribution < -0.4 is 10.6 Å². The highest BCUT2D eigenvalue weighted by atomic mass is 16.5. The molecule has 0 aromatic carbocycles. The summed E-state index contributed by atoms with van der Waals surface area (Å²) in [5, 5.41) is 6.00. The molecule has 0 aliphatic heterocycles. The van der Waals surface area contributed by atoms with E-state index in [2.05, 4.69) is 31.4 Å². The van der Waals surface area contributed by atoms with Crippen LogP contribution in [0.1, 0.15) is 40.0 Å². The number of amides is 2. The van der Waals surface area contributed by atoms with Gasteiger partial charge in [-0.25, -0.2) is 4.79 Å². The summed E-state index contributed by atoms with van der Waals surface area (Å²) in [6.07, 6.45) is 3.67. The third-order valence-electron chi connectivity index (χ3n) is 5.69. The zero-order valence-electron chi connectivity index (χ0n) is 12.0. The Labute approximate surface area is 110 Å². The Morgan fingerprint density at radius 3 is 2.61 bits per heavy atom. The SMILES string of the molecule is COCCNC(=O)NC1CC2CCC1(C)C2(C)C. The molecule has 18 heavy (non-hydrogen) atoms. The Hall–Kier alpha value is -0.770. The van der Waals surface area contributed by atoms with Crippen LogP contribution in [-0.4, -0.2) is 32.3 Å². The average molecular weight is 254 g/mol. The fraction of sp³-hybridized carbons (Fsp3) is 0.929. The van der Waals surface area contributed by atoms with Crippen LogP contribution in [0.4, 0.5) is 4.79 Å². The van der Waals surface area contributed by atoms with Crippen LogP contribution in [0.15, 0.2) is 0 Å². The number of nitrogens with one attached hydrogen (secondary N) is 2. The molecular formula is C14H26N2O2. The van der Waals surface area contributed by atoms with Crippen molar-refractivity contribution in [3.63, 3.8) is 0 Å². The summed E-state index contributed by atoms with van der Waals surface area (Å²) >= 11 is 0. The highest BCUT2D eigenvalue weighted by Gasteiger charge is 2.61. The maximum atomic E-state index is 11.8. The number of rotatable bonds is 4. The maximum Gasteiger partial charge on any atom is 0.315 e. The molecule has 2 bridgehead atoms. The van der Waals surface area contributed by atoms with Crippen molar-refractivity contribution in [3.8, 4) is 0 Å². The van der Waals surface area contributed by atoms with Crippen LogP contribution in [0.25, 0.3) is 0 Å². The van der Waals surface area contributed by atoms with Gasteiger partial charge in [-0.05, 0) is 36.0 Å². The standard InChI is InChI=1S/C14H26N2O2/c1-13(2)10-5-6-14(13,3)11(9-10)16-12(17)15-7-8-18-4/h10-11H,5-9H2,1-4H3,(H2,15,16,17). The second-order valence-corrected chi connectivity index (χ2v) is 6.56. The molecule has 3 unspecified atom stereocenters. The molecule has 104 valence electrons. The van der Waals surface area contributed by atoms with Gasteiger partial charge in [0.15, 0.2) is 0 Å². The van der Waals surface area contributed by atoms with Gasteiger partial charge in [-0.1, -0.05) is 20.8 Å². The number of methoxy groups -OCH3 is 1. The Bertz CT molecular complexity index is 330. The van der Waals surface area contributed by atoms with Crippen molar-refractivity contribution in [2.75, 3.05) is 20.3 Å². The number of hydrogen-bond donors (Lipinski definition) is 2. The summed E-state index contributed by atoms with van der Waals surface area (Å²) in [5.74, 6) is 0.756. The first-order valence-electron chi connectivity index (χ1n) is 6.95. The van der Waals surface area contributed by atoms with E-state index in [4.69, 9.17) is 4.74 Å². The molecule has 2 aliphatic rings. The summed E-state index contributed by atoms with van der Waals surface area (Å²) in [6, 6.07) is 0.260. The maximum absolute atomic E-state index is 11.8. The summed E-state index contributed by atoms with van der Waals surface area (Å²) in [4.78, 5) is 11.8. The van der Waals surface area contributed by atoms with Crippen molar-refractivity contribution in [1.29, 1.82) is 0 Å². The Balaban J connectivity index is 1.90. The number of fused-ring (bicyclic) bond motifs is 2. The van der Waals surface area contributed by atoms with E-state index in [9.17, 15) is 4.79 Å². The van der Waals surface area contributed by atoms with Gasteiger partial charge in [0.05, 0.1) is 6.61 Å². The van der Waals surface area contributed by atoms with Gasteiger partial charge in [-0.3, -0.25) is 0 Å². The normalized spacial score (nSPS) is 36.7. The Morgan fingerprint density at radius 2 is 2.11 bits per heavy atom. The van der Waals surface area contributed by atoms with Crippen LogP contribution in [-0.2, 0) is 4.74 Å². The third-order valence-corrected chi connectivity index (χ3v) is 5.69. The number of carbonyl (C=O) groups excluding carboxylic acids is 1. The van der Waals surface area contributed by atoms with Crippen LogP contribution >= 0.6 is 0 Å². The van der Waals surface area contributed by atoms with Crippen LogP contribution in [0.2, 0.25) is 0 Å². The van der Waals surface area contributed by atoms with E-state index in [1.54, 1.807) is 7.11 Å². The monoisotopic (exact) mass is 254 g/mol. The molecule has 0 saturated heterocycles. The van der Waals surface area contributed by atoms with E-state index in [1.165, 1.54) is 12.8 Å². The quantitative estimate of drug-likeness (QED) is 0.755. The van der Waals surface area contributed by atoms with E-state index < -0.39 is 0 Å². The second kappa shape index (κ2) is 4.72. The van der Waals surface area contributed by atoms with Gasteiger partial charge in [-0.2, -0.15) is 0 Å². The first-order chi connectivity index (χ1) is 8.41. The minimum atomic E-state index is -0.0541.